The number of pyridine rings is 1. The van der Waals surface area contributed by atoms with Crippen molar-refractivity contribution in [2.24, 2.45) is 0 Å². The summed E-state index contributed by atoms with van der Waals surface area (Å²) >= 11 is 9.70. The molecule has 3 rings (SSSR count). The van der Waals surface area contributed by atoms with E-state index >= 15 is 0 Å². The zero-order valence-electron chi connectivity index (χ0n) is 14.4. The van der Waals surface area contributed by atoms with Gasteiger partial charge < -0.3 is 14.8 Å². The van der Waals surface area contributed by atoms with Crippen LogP contribution in [-0.2, 0) is 11.3 Å². The molecule has 0 saturated carbocycles. The second kappa shape index (κ2) is 10.6. The van der Waals surface area contributed by atoms with Gasteiger partial charge in [-0.3, -0.25) is 0 Å². The molecule has 6 heteroatoms. The standard InChI is InChI=1S/C14H14BrClN2O.C5H8O/c1-17-8-9-6-7-12(18-14(9)19-2)10-4-3-5-11(15)13(10)16;1-2-4-6-5-3-1/h3-7,17H,8H2,1-2H3;1-2H,3-5H2. The van der Waals surface area contributed by atoms with Gasteiger partial charge in [0.1, 0.15) is 0 Å². The molecule has 1 aromatic carbocycles. The summed E-state index contributed by atoms with van der Waals surface area (Å²) < 4.78 is 11.2. The zero-order chi connectivity index (χ0) is 18.1. The fourth-order valence-corrected chi connectivity index (χ4v) is 2.90. The summed E-state index contributed by atoms with van der Waals surface area (Å²) in [6.45, 7) is 2.44. The van der Waals surface area contributed by atoms with Crippen LogP contribution in [0.4, 0.5) is 0 Å². The van der Waals surface area contributed by atoms with Gasteiger partial charge in [-0.05, 0) is 41.5 Å². The average molecular weight is 426 g/mol. The molecule has 1 N–H and O–H groups in total. The summed E-state index contributed by atoms with van der Waals surface area (Å²) in [5.74, 6) is 0.614. The number of hydrogen-bond donors (Lipinski definition) is 1. The normalized spacial score (nSPS) is 13.1. The molecule has 0 spiro atoms. The van der Waals surface area contributed by atoms with Crippen LogP contribution in [0.3, 0.4) is 0 Å². The van der Waals surface area contributed by atoms with E-state index in [4.69, 9.17) is 21.1 Å². The van der Waals surface area contributed by atoms with Crippen molar-refractivity contribution in [1.29, 1.82) is 0 Å². The van der Waals surface area contributed by atoms with Crippen LogP contribution in [0.2, 0.25) is 5.02 Å². The van der Waals surface area contributed by atoms with Crippen LogP contribution in [0.25, 0.3) is 11.3 Å². The number of methoxy groups -OCH3 is 1. The predicted molar refractivity (Wildman–Crippen MR) is 106 cm³/mol. The van der Waals surface area contributed by atoms with Crippen molar-refractivity contribution in [3.63, 3.8) is 0 Å². The third-order valence-corrected chi connectivity index (χ3v) is 4.83. The zero-order valence-corrected chi connectivity index (χ0v) is 16.7. The SMILES string of the molecule is C1=CCOCC1.CNCc1ccc(-c2cccc(Br)c2Cl)nc1OC. The lowest BCUT2D eigenvalue weighted by atomic mass is 10.1. The highest BCUT2D eigenvalue weighted by molar-refractivity contribution is 9.10. The maximum absolute atomic E-state index is 6.28. The third kappa shape index (κ3) is 5.82. The monoisotopic (exact) mass is 424 g/mol. The molecule has 1 aromatic heterocycles. The first-order valence-corrected chi connectivity index (χ1v) is 9.20. The molecule has 0 unspecified atom stereocenters. The second-order valence-corrected chi connectivity index (χ2v) is 6.56. The second-order valence-electron chi connectivity index (χ2n) is 5.33. The van der Waals surface area contributed by atoms with E-state index in [2.05, 4.69) is 32.3 Å². The van der Waals surface area contributed by atoms with Crippen LogP contribution in [-0.4, -0.2) is 32.4 Å². The topological polar surface area (TPSA) is 43.4 Å². The van der Waals surface area contributed by atoms with E-state index in [0.717, 1.165) is 40.9 Å². The Bertz CT molecular complexity index is 715. The predicted octanol–water partition coefficient (Wildman–Crippen LogP) is 4.86. The molecule has 0 radical (unpaired) electrons. The van der Waals surface area contributed by atoms with Crippen molar-refractivity contribution < 1.29 is 9.47 Å². The van der Waals surface area contributed by atoms with Gasteiger partial charge in [0.25, 0.3) is 0 Å². The molecule has 25 heavy (non-hydrogen) atoms. The minimum atomic E-state index is 0.614. The molecule has 0 aliphatic carbocycles. The molecule has 1 aliphatic heterocycles. The summed E-state index contributed by atoms with van der Waals surface area (Å²) in [5.41, 5.74) is 2.69. The fourth-order valence-electron chi connectivity index (χ4n) is 2.31. The number of halogens is 2. The van der Waals surface area contributed by atoms with Gasteiger partial charge in [-0.25, -0.2) is 4.98 Å². The molecule has 4 nitrogen and oxygen atoms in total. The Morgan fingerprint density at radius 2 is 2.12 bits per heavy atom. The first-order chi connectivity index (χ1) is 12.2. The number of rotatable bonds is 4. The van der Waals surface area contributed by atoms with Gasteiger partial charge in [0, 0.05) is 22.1 Å². The van der Waals surface area contributed by atoms with E-state index in [1.165, 1.54) is 0 Å². The lowest BCUT2D eigenvalue weighted by molar-refractivity contribution is 0.158. The Hall–Kier alpha value is -1.40. The largest absolute Gasteiger partial charge is 0.481 e. The molecule has 134 valence electrons. The van der Waals surface area contributed by atoms with Gasteiger partial charge in [0.2, 0.25) is 5.88 Å². The summed E-state index contributed by atoms with van der Waals surface area (Å²) in [7, 11) is 3.51. The van der Waals surface area contributed by atoms with Gasteiger partial charge in [-0.1, -0.05) is 42.0 Å². The number of nitrogens with one attached hydrogen (secondary N) is 1. The minimum Gasteiger partial charge on any atom is -0.481 e. The lowest BCUT2D eigenvalue weighted by Crippen LogP contribution is -2.07. The summed E-state index contributed by atoms with van der Waals surface area (Å²) in [5, 5.41) is 3.74. The molecule has 1 aliphatic rings. The fraction of sp³-hybridized carbons (Fsp3) is 0.316. The van der Waals surface area contributed by atoms with Crippen LogP contribution in [0.5, 0.6) is 5.88 Å². The van der Waals surface area contributed by atoms with E-state index in [-0.39, 0.29) is 0 Å². The molecule has 0 saturated heterocycles. The Kier molecular flexibility index (Phi) is 8.41. The van der Waals surface area contributed by atoms with Gasteiger partial charge in [-0.2, -0.15) is 0 Å². The number of hydrogen-bond acceptors (Lipinski definition) is 4. The summed E-state index contributed by atoms with van der Waals surface area (Å²) in [4.78, 5) is 4.51. The molecule has 2 heterocycles. The molecule has 2 aromatic rings. The van der Waals surface area contributed by atoms with E-state index in [1.54, 1.807) is 7.11 Å². The van der Waals surface area contributed by atoms with Gasteiger partial charge >= 0.3 is 0 Å². The van der Waals surface area contributed by atoms with Crippen molar-refractivity contribution in [3.8, 4) is 17.1 Å². The Morgan fingerprint density at radius 1 is 1.28 bits per heavy atom. The first kappa shape index (κ1) is 19.9. The van der Waals surface area contributed by atoms with E-state index in [0.29, 0.717) is 17.4 Å². The van der Waals surface area contributed by atoms with Gasteiger partial charge in [0.05, 0.1) is 31.0 Å². The molecular weight excluding hydrogens is 404 g/mol. The number of benzene rings is 1. The van der Waals surface area contributed by atoms with Crippen molar-refractivity contribution in [2.45, 2.75) is 13.0 Å². The van der Waals surface area contributed by atoms with E-state index in [9.17, 15) is 0 Å². The molecule has 0 bridgehead atoms. The Morgan fingerprint density at radius 3 is 2.68 bits per heavy atom. The number of aromatic nitrogens is 1. The molecular formula is C19H22BrClN2O2. The Balaban J connectivity index is 0.000000316. The van der Waals surface area contributed by atoms with Crippen molar-refractivity contribution in [2.75, 3.05) is 27.4 Å². The highest BCUT2D eigenvalue weighted by Gasteiger charge is 2.11. The first-order valence-electron chi connectivity index (χ1n) is 8.03. The summed E-state index contributed by atoms with van der Waals surface area (Å²) in [6, 6.07) is 9.71. The van der Waals surface area contributed by atoms with Crippen LogP contribution >= 0.6 is 27.5 Å². The average Bonchev–Trinajstić information content (AvgIpc) is 2.66. The highest BCUT2D eigenvalue weighted by atomic mass is 79.9. The van der Waals surface area contributed by atoms with Crippen LogP contribution in [0.15, 0.2) is 47.0 Å². The number of nitrogens with zero attached hydrogens (tertiary/aromatic N) is 1. The van der Waals surface area contributed by atoms with Gasteiger partial charge in [-0.15, -0.1) is 0 Å². The van der Waals surface area contributed by atoms with Crippen molar-refractivity contribution in [3.05, 3.63) is 57.5 Å². The lowest BCUT2D eigenvalue weighted by Gasteiger charge is -2.10. The van der Waals surface area contributed by atoms with Crippen LogP contribution in [0.1, 0.15) is 12.0 Å². The van der Waals surface area contributed by atoms with Gasteiger partial charge in [0.15, 0.2) is 0 Å². The van der Waals surface area contributed by atoms with Crippen molar-refractivity contribution in [1.82, 2.24) is 10.3 Å². The maximum Gasteiger partial charge on any atom is 0.218 e. The smallest absolute Gasteiger partial charge is 0.218 e. The van der Waals surface area contributed by atoms with E-state index < -0.39 is 0 Å². The minimum absolute atomic E-state index is 0.614. The quantitative estimate of drug-likeness (QED) is 0.711. The molecule has 0 amide bonds. The van der Waals surface area contributed by atoms with Crippen LogP contribution in [0, 0.1) is 0 Å². The number of ether oxygens (including phenoxy) is 2. The van der Waals surface area contributed by atoms with Crippen molar-refractivity contribution >= 4 is 27.5 Å². The summed E-state index contributed by atoms with van der Waals surface area (Å²) in [6.07, 6.45) is 5.28. The van der Waals surface area contributed by atoms with Crippen LogP contribution < -0.4 is 10.1 Å². The maximum atomic E-state index is 6.28. The highest BCUT2D eigenvalue weighted by Crippen LogP contribution is 2.33. The molecule has 0 fully saturated rings. The molecule has 0 atom stereocenters. The third-order valence-electron chi connectivity index (χ3n) is 3.54. The Labute approximate surface area is 162 Å². The van der Waals surface area contributed by atoms with E-state index in [1.807, 2.05) is 43.5 Å².